The van der Waals surface area contributed by atoms with E-state index in [2.05, 4.69) is 41.5 Å². The monoisotopic (exact) mass is 382 g/mol. The number of hydrogen-bond acceptors (Lipinski definition) is 3. The first-order valence-electron chi connectivity index (χ1n) is 9.60. The zero-order chi connectivity index (χ0) is 20.2. The molecule has 0 aliphatic heterocycles. The number of carbonyl (C=O) groups excluding carboxylic acids is 1. The largest absolute Gasteiger partial charge is 0.322 e. The van der Waals surface area contributed by atoms with Gasteiger partial charge in [-0.15, -0.1) is 10.2 Å². The molecule has 4 aromatic rings. The maximum Gasteiger partial charge on any atom is 0.248 e. The Kier molecular flexibility index (Phi) is 5.20. The summed E-state index contributed by atoms with van der Waals surface area (Å²) in [4.78, 5) is 13.8. The Morgan fingerprint density at radius 2 is 1.66 bits per heavy atom. The lowest BCUT2D eigenvalue weighted by Gasteiger charge is -2.05. The van der Waals surface area contributed by atoms with Gasteiger partial charge >= 0.3 is 0 Å². The van der Waals surface area contributed by atoms with Gasteiger partial charge in [0.2, 0.25) is 5.91 Å². The van der Waals surface area contributed by atoms with Crippen molar-refractivity contribution >= 4 is 28.7 Å². The molecule has 0 aliphatic carbocycles. The number of amides is 1. The third-order valence-electron chi connectivity index (χ3n) is 4.67. The number of nitrogens with one attached hydrogen (secondary N) is 1. The van der Waals surface area contributed by atoms with E-state index >= 15 is 0 Å². The van der Waals surface area contributed by atoms with E-state index in [0.717, 1.165) is 22.3 Å². The molecule has 0 radical (unpaired) electrons. The maximum absolute atomic E-state index is 12.2. The number of aromatic nitrogens is 3. The molecular weight excluding hydrogens is 360 g/mol. The maximum atomic E-state index is 12.2. The van der Waals surface area contributed by atoms with Crippen LogP contribution in [0.1, 0.15) is 30.9 Å². The second-order valence-corrected chi connectivity index (χ2v) is 7.17. The van der Waals surface area contributed by atoms with E-state index in [4.69, 9.17) is 0 Å². The standard InChI is InChI=1S/C24H22N4O/c1-17(2)19-9-12-21(13-10-19)28-26-22-14-11-20(16-23(22)27-28)25-24(29)15-8-18-6-4-3-5-7-18/h3-17H,1-2H3,(H,25,29)/b15-8+. The van der Waals surface area contributed by atoms with Crippen LogP contribution in [0.2, 0.25) is 0 Å². The number of anilines is 1. The first-order valence-corrected chi connectivity index (χ1v) is 9.60. The minimum Gasteiger partial charge on any atom is -0.322 e. The van der Waals surface area contributed by atoms with Gasteiger partial charge in [-0.05, 0) is 53.5 Å². The molecule has 29 heavy (non-hydrogen) atoms. The molecule has 1 amide bonds. The Morgan fingerprint density at radius 1 is 0.931 bits per heavy atom. The molecule has 0 saturated heterocycles. The molecule has 1 heterocycles. The number of fused-ring (bicyclic) bond motifs is 1. The van der Waals surface area contributed by atoms with Crippen LogP contribution in [-0.4, -0.2) is 20.9 Å². The molecule has 144 valence electrons. The summed E-state index contributed by atoms with van der Waals surface area (Å²) >= 11 is 0. The van der Waals surface area contributed by atoms with Crippen molar-refractivity contribution in [3.63, 3.8) is 0 Å². The quantitative estimate of drug-likeness (QED) is 0.483. The van der Waals surface area contributed by atoms with Gasteiger partial charge in [0.05, 0.1) is 5.69 Å². The van der Waals surface area contributed by atoms with Crippen molar-refractivity contribution in [2.24, 2.45) is 0 Å². The van der Waals surface area contributed by atoms with Crippen LogP contribution in [0.25, 0.3) is 22.8 Å². The summed E-state index contributed by atoms with van der Waals surface area (Å²) in [5, 5.41) is 12.0. The summed E-state index contributed by atoms with van der Waals surface area (Å²) in [5.41, 5.74) is 5.34. The summed E-state index contributed by atoms with van der Waals surface area (Å²) in [6.45, 7) is 4.33. The van der Waals surface area contributed by atoms with Gasteiger partial charge in [0, 0.05) is 11.8 Å². The number of benzene rings is 3. The zero-order valence-corrected chi connectivity index (χ0v) is 16.4. The predicted molar refractivity (Wildman–Crippen MR) is 117 cm³/mol. The molecule has 1 aromatic heterocycles. The van der Waals surface area contributed by atoms with E-state index in [1.54, 1.807) is 10.9 Å². The molecule has 0 saturated carbocycles. The lowest BCUT2D eigenvalue weighted by molar-refractivity contribution is -0.111. The Hall–Kier alpha value is -3.73. The fourth-order valence-corrected chi connectivity index (χ4v) is 3.02. The molecule has 0 bridgehead atoms. The number of nitrogens with zero attached hydrogens (tertiary/aromatic N) is 3. The van der Waals surface area contributed by atoms with E-state index in [0.29, 0.717) is 11.6 Å². The third kappa shape index (κ3) is 4.41. The fourth-order valence-electron chi connectivity index (χ4n) is 3.02. The molecule has 3 aromatic carbocycles. The van der Waals surface area contributed by atoms with Gasteiger partial charge in [0.1, 0.15) is 11.0 Å². The van der Waals surface area contributed by atoms with Gasteiger partial charge in [0.15, 0.2) is 0 Å². The molecule has 0 spiro atoms. The Labute approximate surface area is 169 Å². The Morgan fingerprint density at radius 3 is 2.38 bits per heavy atom. The van der Waals surface area contributed by atoms with Crippen molar-refractivity contribution in [3.05, 3.63) is 90.0 Å². The Balaban J connectivity index is 1.51. The average molecular weight is 382 g/mol. The predicted octanol–water partition coefficient (Wildman–Crippen LogP) is 5.20. The van der Waals surface area contributed by atoms with E-state index in [1.807, 2.05) is 60.7 Å². The van der Waals surface area contributed by atoms with E-state index < -0.39 is 0 Å². The van der Waals surface area contributed by atoms with E-state index in [9.17, 15) is 4.79 Å². The minimum atomic E-state index is -0.190. The summed E-state index contributed by atoms with van der Waals surface area (Å²) in [7, 11) is 0. The van der Waals surface area contributed by atoms with Gasteiger partial charge in [-0.25, -0.2) is 0 Å². The second-order valence-electron chi connectivity index (χ2n) is 7.17. The first-order chi connectivity index (χ1) is 14.1. The van der Waals surface area contributed by atoms with E-state index in [-0.39, 0.29) is 5.91 Å². The van der Waals surface area contributed by atoms with Gasteiger partial charge in [-0.2, -0.15) is 4.80 Å². The zero-order valence-electron chi connectivity index (χ0n) is 16.4. The van der Waals surface area contributed by atoms with Gasteiger partial charge < -0.3 is 5.32 Å². The first kappa shape index (κ1) is 18.6. The highest BCUT2D eigenvalue weighted by molar-refractivity contribution is 6.02. The number of rotatable bonds is 5. The molecule has 1 N–H and O–H groups in total. The van der Waals surface area contributed by atoms with Crippen molar-refractivity contribution in [1.82, 2.24) is 15.0 Å². The van der Waals surface area contributed by atoms with Crippen LogP contribution in [0.4, 0.5) is 5.69 Å². The van der Waals surface area contributed by atoms with Crippen LogP contribution in [0.5, 0.6) is 0 Å². The molecule has 5 heteroatoms. The SMILES string of the molecule is CC(C)c1ccc(-n2nc3ccc(NC(=O)/C=C/c4ccccc4)cc3n2)cc1. The molecule has 0 atom stereocenters. The lowest BCUT2D eigenvalue weighted by atomic mass is 10.0. The van der Waals surface area contributed by atoms with Gasteiger partial charge in [0.25, 0.3) is 0 Å². The number of carbonyl (C=O) groups is 1. The van der Waals surface area contributed by atoms with Crippen molar-refractivity contribution < 1.29 is 4.79 Å². The van der Waals surface area contributed by atoms with Crippen LogP contribution in [-0.2, 0) is 4.79 Å². The van der Waals surface area contributed by atoms with Crippen LogP contribution in [0.3, 0.4) is 0 Å². The van der Waals surface area contributed by atoms with Crippen molar-refractivity contribution in [3.8, 4) is 5.69 Å². The highest BCUT2D eigenvalue weighted by Gasteiger charge is 2.07. The summed E-state index contributed by atoms with van der Waals surface area (Å²) < 4.78 is 0. The molecule has 0 fully saturated rings. The lowest BCUT2D eigenvalue weighted by Crippen LogP contribution is -2.07. The third-order valence-corrected chi connectivity index (χ3v) is 4.67. The molecule has 5 nitrogen and oxygen atoms in total. The van der Waals surface area contributed by atoms with Crippen LogP contribution in [0.15, 0.2) is 78.9 Å². The smallest absolute Gasteiger partial charge is 0.248 e. The molecule has 0 unspecified atom stereocenters. The summed E-state index contributed by atoms with van der Waals surface area (Å²) in [6.07, 6.45) is 3.30. The summed E-state index contributed by atoms with van der Waals surface area (Å²) in [5.74, 6) is 0.292. The van der Waals surface area contributed by atoms with Crippen molar-refractivity contribution in [1.29, 1.82) is 0 Å². The molecular formula is C24H22N4O. The summed E-state index contributed by atoms with van der Waals surface area (Å²) in [6, 6.07) is 23.5. The highest BCUT2D eigenvalue weighted by atomic mass is 16.1. The average Bonchev–Trinajstić information content (AvgIpc) is 3.16. The molecule has 4 rings (SSSR count). The number of hydrogen-bond donors (Lipinski definition) is 1. The topological polar surface area (TPSA) is 59.8 Å². The fraction of sp³-hybridized carbons (Fsp3) is 0.125. The minimum absolute atomic E-state index is 0.190. The van der Waals surface area contributed by atoms with Crippen LogP contribution in [0, 0.1) is 0 Å². The van der Waals surface area contributed by atoms with E-state index in [1.165, 1.54) is 11.6 Å². The van der Waals surface area contributed by atoms with Gasteiger partial charge in [-0.3, -0.25) is 4.79 Å². The normalized spacial score (nSPS) is 11.4. The Bertz CT molecular complexity index is 1160. The molecule has 0 aliphatic rings. The van der Waals surface area contributed by atoms with Crippen molar-refractivity contribution in [2.75, 3.05) is 5.32 Å². The van der Waals surface area contributed by atoms with Crippen molar-refractivity contribution in [2.45, 2.75) is 19.8 Å². The van der Waals surface area contributed by atoms with Crippen LogP contribution >= 0.6 is 0 Å². The highest BCUT2D eigenvalue weighted by Crippen LogP contribution is 2.19. The van der Waals surface area contributed by atoms with Crippen LogP contribution < -0.4 is 5.32 Å². The second kappa shape index (κ2) is 8.10. The van der Waals surface area contributed by atoms with Gasteiger partial charge in [-0.1, -0.05) is 56.3 Å².